The number of aromatic nitrogens is 2. The van der Waals surface area contributed by atoms with Gasteiger partial charge in [0.2, 0.25) is 0 Å². The van der Waals surface area contributed by atoms with Gasteiger partial charge in [-0.25, -0.2) is 4.98 Å². The molecule has 0 saturated heterocycles. The minimum Gasteiger partial charge on any atom is -0.333 e. The third-order valence-electron chi connectivity index (χ3n) is 2.71. The number of carbonyl (C=O) groups is 1. The van der Waals surface area contributed by atoms with Crippen LogP contribution in [0.3, 0.4) is 0 Å². The lowest BCUT2D eigenvalue weighted by molar-refractivity contribution is 0.0746. The zero-order chi connectivity index (χ0) is 13.7. The van der Waals surface area contributed by atoms with Crippen LogP contribution in [0, 0.1) is 0 Å². The number of halogens is 1. The Hall–Kier alpha value is -1.94. The van der Waals surface area contributed by atoms with E-state index in [2.05, 4.69) is 9.97 Å². The summed E-state index contributed by atoms with van der Waals surface area (Å²) in [5, 5.41) is 0.224. The predicted octanol–water partition coefficient (Wildman–Crippen LogP) is 2.79. The summed E-state index contributed by atoms with van der Waals surface area (Å²) < 4.78 is 0. The fourth-order valence-electron chi connectivity index (χ4n) is 1.74. The van der Waals surface area contributed by atoms with Crippen molar-refractivity contribution in [2.24, 2.45) is 0 Å². The summed E-state index contributed by atoms with van der Waals surface area (Å²) in [5.74, 6) is -0.165. The number of nitrogens with zero attached hydrogens (tertiary/aromatic N) is 3. The number of rotatable bonds is 4. The van der Waals surface area contributed by atoms with E-state index in [1.807, 2.05) is 37.3 Å². The first-order valence-corrected chi connectivity index (χ1v) is 6.39. The summed E-state index contributed by atoms with van der Waals surface area (Å²) in [6, 6.07) is 9.82. The molecule has 1 aromatic heterocycles. The molecule has 0 bridgehead atoms. The standard InChI is InChI=1S/C14H14ClN3O/c1-2-18(10-11-6-4-3-5-7-11)14(19)12-8-16-9-13(15)17-12/h3-9H,2,10H2,1H3. The van der Waals surface area contributed by atoms with E-state index in [0.717, 1.165) is 5.56 Å². The van der Waals surface area contributed by atoms with Crippen LogP contribution in [0.2, 0.25) is 5.15 Å². The largest absolute Gasteiger partial charge is 0.333 e. The lowest BCUT2D eigenvalue weighted by Gasteiger charge is -2.20. The second-order valence-electron chi connectivity index (χ2n) is 4.03. The Morgan fingerprint density at radius 3 is 2.63 bits per heavy atom. The van der Waals surface area contributed by atoms with Crippen molar-refractivity contribution in [2.45, 2.75) is 13.5 Å². The molecule has 2 rings (SSSR count). The van der Waals surface area contributed by atoms with Crippen molar-refractivity contribution in [1.82, 2.24) is 14.9 Å². The van der Waals surface area contributed by atoms with Crippen molar-refractivity contribution < 1.29 is 4.79 Å². The Morgan fingerprint density at radius 2 is 2.00 bits per heavy atom. The molecule has 0 fully saturated rings. The van der Waals surface area contributed by atoms with E-state index in [9.17, 15) is 4.79 Å². The first kappa shape index (κ1) is 13.5. The van der Waals surface area contributed by atoms with Gasteiger partial charge in [0.25, 0.3) is 5.91 Å². The number of benzene rings is 1. The summed E-state index contributed by atoms with van der Waals surface area (Å²) in [4.78, 5) is 21.9. The molecule has 1 heterocycles. The Balaban J connectivity index is 2.16. The van der Waals surface area contributed by atoms with Gasteiger partial charge in [-0.3, -0.25) is 9.78 Å². The van der Waals surface area contributed by atoms with Gasteiger partial charge in [-0.05, 0) is 12.5 Å². The lowest BCUT2D eigenvalue weighted by Crippen LogP contribution is -2.31. The average molecular weight is 276 g/mol. The molecule has 0 unspecified atom stereocenters. The maximum atomic E-state index is 12.3. The highest BCUT2D eigenvalue weighted by Gasteiger charge is 2.16. The van der Waals surface area contributed by atoms with Gasteiger partial charge in [0.1, 0.15) is 10.8 Å². The molecule has 0 aliphatic heterocycles. The zero-order valence-corrected chi connectivity index (χ0v) is 11.3. The summed E-state index contributed by atoms with van der Waals surface area (Å²) in [5.41, 5.74) is 1.35. The molecule has 4 nitrogen and oxygen atoms in total. The molecular formula is C14H14ClN3O. The summed E-state index contributed by atoms with van der Waals surface area (Å²) in [7, 11) is 0. The van der Waals surface area contributed by atoms with Gasteiger partial charge >= 0.3 is 0 Å². The molecule has 2 aromatic rings. The van der Waals surface area contributed by atoms with Gasteiger partial charge in [0, 0.05) is 13.1 Å². The van der Waals surface area contributed by atoms with Crippen molar-refractivity contribution in [1.29, 1.82) is 0 Å². The molecule has 0 atom stereocenters. The SMILES string of the molecule is CCN(Cc1ccccc1)C(=O)c1cncc(Cl)n1. The lowest BCUT2D eigenvalue weighted by atomic mass is 10.2. The molecule has 0 saturated carbocycles. The molecule has 19 heavy (non-hydrogen) atoms. The monoisotopic (exact) mass is 275 g/mol. The number of carbonyl (C=O) groups excluding carboxylic acids is 1. The maximum absolute atomic E-state index is 12.3. The first-order valence-electron chi connectivity index (χ1n) is 6.01. The normalized spacial score (nSPS) is 10.2. The molecule has 1 aromatic carbocycles. The average Bonchev–Trinajstić information content (AvgIpc) is 2.45. The summed E-state index contributed by atoms with van der Waals surface area (Å²) in [6.07, 6.45) is 2.84. The second-order valence-corrected chi connectivity index (χ2v) is 4.42. The summed E-state index contributed by atoms with van der Waals surface area (Å²) >= 11 is 5.75. The van der Waals surface area contributed by atoms with Crippen LogP contribution in [-0.2, 0) is 6.54 Å². The van der Waals surface area contributed by atoms with E-state index in [1.54, 1.807) is 4.90 Å². The minimum absolute atomic E-state index is 0.165. The molecule has 98 valence electrons. The molecule has 0 aliphatic carbocycles. The molecule has 1 amide bonds. The van der Waals surface area contributed by atoms with E-state index in [4.69, 9.17) is 11.6 Å². The Labute approximate surface area is 117 Å². The minimum atomic E-state index is -0.165. The van der Waals surface area contributed by atoms with Crippen LogP contribution < -0.4 is 0 Å². The first-order chi connectivity index (χ1) is 9.20. The van der Waals surface area contributed by atoms with Crippen LogP contribution in [0.15, 0.2) is 42.7 Å². The highest BCUT2D eigenvalue weighted by Crippen LogP contribution is 2.09. The molecule has 0 aliphatic rings. The Kier molecular flexibility index (Phi) is 4.47. The van der Waals surface area contributed by atoms with Crippen LogP contribution in [0.4, 0.5) is 0 Å². The summed E-state index contributed by atoms with van der Waals surface area (Å²) in [6.45, 7) is 3.07. The molecule has 0 N–H and O–H groups in total. The number of hydrogen-bond acceptors (Lipinski definition) is 3. The molecule has 0 spiro atoms. The third-order valence-corrected chi connectivity index (χ3v) is 2.89. The smallest absolute Gasteiger partial charge is 0.274 e. The van der Waals surface area contributed by atoms with Crippen molar-refractivity contribution in [2.75, 3.05) is 6.54 Å². The van der Waals surface area contributed by atoms with Crippen LogP contribution in [0.25, 0.3) is 0 Å². The fraction of sp³-hybridized carbons (Fsp3) is 0.214. The van der Waals surface area contributed by atoms with Crippen LogP contribution >= 0.6 is 11.6 Å². The van der Waals surface area contributed by atoms with E-state index in [1.165, 1.54) is 12.4 Å². The topological polar surface area (TPSA) is 46.1 Å². The van der Waals surface area contributed by atoms with E-state index in [-0.39, 0.29) is 16.8 Å². The van der Waals surface area contributed by atoms with Crippen molar-refractivity contribution in [3.8, 4) is 0 Å². The van der Waals surface area contributed by atoms with Crippen molar-refractivity contribution in [3.63, 3.8) is 0 Å². The molecule has 5 heteroatoms. The van der Waals surface area contributed by atoms with Gasteiger partial charge in [-0.2, -0.15) is 0 Å². The van der Waals surface area contributed by atoms with Crippen LogP contribution in [0.5, 0.6) is 0 Å². The predicted molar refractivity (Wildman–Crippen MR) is 73.9 cm³/mol. The second kappa shape index (κ2) is 6.29. The third kappa shape index (κ3) is 3.51. The van der Waals surface area contributed by atoms with Crippen molar-refractivity contribution >= 4 is 17.5 Å². The van der Waals surface area contributed by atoms with Gasteiger partial charge in [0.15, 0.2) is 0 Å². The quantitative estimate of drug-likeness (QED) is 0.862. The highest BCUT2D eigenvalue weighted by atomic mass is 35.5. The number of amides is 1. The van der Waals surface area contributed by atoms with E-state index in [0.29, 0.717) is 13.1 Å². The van der Waals surface area contributed by atoms with E-state index < -0.39 is 0 Å². The maximum Gasteiger partial charge on any atom is 0.274 e. The number of hydrogen-bond donors (Lipinski definition) is 0. The van der Waals surface area contributed by atoms with Gasteiger partial charge in [0.05, 0.1) is 12.4 Å². The molecule has 0 radical (unpaired) electrons. The van der Waals surface area contributed by atoms with Crippen molar-refractivity contribution in [3.05, 3.63) is 59.1 Å². The highest BCUT2D eigenvalue weighted by molar-refractivity contribution is 6.29. The van der Waals surface area contributed by atoms with E-state index >= 15 is 0 Å². The van der Waals surface area contributed by atoms with Crippen LogP contribution in [-0.4, -0.2) is 27.3 Å². The Morgan fingerprint density at radius 1 is 1.26 bits per heavy atom. The van der Waals surface area contributed by atoms with Gasteiger partial charge in [-0.15, -0.1) is 0 Å². The fourth-order valence-corrected chi connectivity index (χ4v) is 1.89. The zero-order valence-electron chi connectivity index (χ0n) is 10.6. The van der Waals surface area contributed by atoms with Crippen LogP contribution in [0.1, 0.15) is 23.0 Å². The molecular weight excluding hydrogens is 262 g/mol. The van der Waals surface area contributed by atoms with Gasteiger partial charge < -0.3 is 4.90 Å². The Bertz CT molecular complexity index is 560. The van der Waals surface area contributed by atoms with Gasteiger partial charge in [-0.1, -0.05) is 41.9 Å².